The molecule has 3 rings (SSSR count). The predicted molar refractivity (Wildman–Crippen MR) is 68.7 cm³/mol. The van der Waals surface area contributed by atoms with Gasteiger partial charge in [-0.15, -0.1) is 0 Å². The van der Waals surface area contributed by atoms with Crippen molar-refractivity contribution in [2.24, 2.45) is 0 Å². The number of hydrogen-bond acceptors (Lipinski definition) is 8. The monoisotopic (exact) mass is 292 g/mol. The lowest BCUT2D eigenvalue weighted by atomic mass is 10.00. The fourth-order valence-electron chi connectivity index (χ4n) is 2.35. The molecule has 0 aromatic carbocycles. The van der Waals surface area contributed by atoms with Crippen LogP contribution in [0.5, 0.6) is 0 Å². The summed E-state index contributed by atoms with van der Waals surface area (Å²) in [5, 5.41) is 28.3. The van der Waals surface area contributed by atoms with Gasteiger partial charge < -0.3 is 20.7 Å². The largest absolute Gasteiger partial charge is 0.392 e. The first-order chi connectivity index (χ1) is 10.0. The van der Waals surface area contributed by atoms with E-state index >= 15 is 0 Å². The number of ether oxygens (including phenoxy) is 1. The number of hydrogen-bond donors (Lipinski definition) is 4. The van der Waals surface area contributed by atoms with Crippen LogP contribution >= 0.6 is 0 Å². The summed E-state index contributed by atoms with van der Waals surface area (Å²) in [5.74, 6) is -0.0819. The van der Waals surface area contributed by atoms with E-state index < -0.39 is 30.1 Å². The molecule has 2 aromatic rings. The van der Waals surface area contributed by atoms with Crippen LogP contribution in [0.15, 0.2) is 11.1 Å². The summed E-state index contributed by atoms with van der Waals surface area (Å²) in [4.78, 5) is 21.9. The van der Waals surface area contributed by atoms with Crippen molar-refractivity contribution in [2.45, 2.75) is 24.4 Å². The number of H-pyrrole nitrogens is 1. The Balaban J connectivity index is 2.07. The van der Waals surface area contributed by atoms with Crippen LogP contribution in [0.2, 0.25) is 0 Å². The average Bonchev–Trinajstić information content (AvgIpc) is 3.00. The maximum Gasteiger partial charge on any atom is 0.280 e. The molecule has 0 radical (unpaired) electrons. The summed E-state index contributed by atoms with van der Waals surface area (Å²) in [7, 11) is 0. The lowest BCUT2D eigenvalue weighted by Crippen LogP contribution is -2.41. The molecule has 0 saturated carbocycles. The molecule has 1 saturated heterocycles. The Hall–Kier alpha value is -2.48. The van der Waals surface area contributed by atoms with Gasteiger partial charge in [-0.25, -0.2) is 4.98 Å². The van der Waals surface area contributed by atoms with Crippen LogP contribution < -0.4 is 11.3 Å². The average molecular weight is 292 g/mol. The minimum absolute atomic E-state index is 0.0496. The van der Waals surface area contributed by atoms with Crippen molar-refractivity contribution < 1.29 is 14.9 Å². The normalized spacial score (nSPS) is 28.8. The molecule has 1 aliphatic heterocycles. The molecule has 1 fully saturated rings. The molecule has 1 aliphatic rings. The number of rotatable bonds is 2. The third kappa shape index (κ3) is 1.87. The molecular weight excluding hydrogens is 280 g/mol. The van der Waals surface area contributed by atoms with Crippen molar-refractivity contribution in [3.63, 3.8) is 0 Å². The van der Waals surface area contributed by atoms with E-state index in [1.165, 1.54) is 10.9 Å². The smallest absolute Gasteiger partial charge is 0.280 e. The van der Waals surface area contributed by atoms with Crippen LogP contribution in [0.1, 0.15) is 12.6 Å². The van der Waals surface area contributed by atoms with Gasteiger partial charge in [-0.2, -0.15) is 10.2 Å². The Morgan fingerprint density at radius 3 is 3.10 bits per heavy atom. The molecule has 3 atom stereocenters. The molecule has 0 bridgehead atoms. The fraction of sp³-hybridized carbons (Fsp3) is 0.455. The molecule has 5 N–H and O–H groups in total. The maximum absolute atomic E-state index is 11.7. The van der Waals surface area contributed by atoms with Crippen LogP contribution in [0.25, 0.3) is 11.2 Å². The van der Waals surface area contributed by atoms with E-state index in [0.29, 0.717) is 0 Å². The highest BCUT2D eigenvalue weighted by molar-refractivity contribution is 5.70. The van der Waals surface area contributed by atoms with Gasteiger partial charge in [0.25, 0.3) is 5.56 Å². The number of nitrogen functional groups attached to an aromatic ring is 1. The molecule has 0 amide bonds. The summed E-state index contributed by atoms with van der Waals surface area (Å²) >= 11 is 0. The first kappa shape index (κ1) is 13.5. The quantitative estimate of drug-likeness (QED) is 0.505. The zero-order valence-electron chi connectivity index (χ0n) is 10.7. The van der Waals surface area contributed by atoms with Crippen LogP contribution in [-0.2, 0) is 4.74 Å². The highest BCUT2D eigenvalue weighted by atomic mass is 16.6. The van der Waals surface area contributed by atoms with Crippen molar-refractivity contribution in [3.05, 3.63) is 16.7 Å². The van der Waals surface area contributed by atoms with E-state index in [9.17, 15) is 15.0 Å². The Morgan fingerprint density at radius 1 is 1.71 bits per heavy atom. The molecule has 10 nitrogen and oxygen atoms in total. The molecule has 0 spiro atoms. The second-order valence-electron chi connectivity index (χ2n) is 4.76. The van der Waals surface area contributed by atoms with Gasteiger partial charge >= 0.3 is 0 Å². The SMILES string of the molecule is N#C[C@]1(CO)O[C@@H](n2cnc3c(=O)[nH]c(N)nc32)C[C@@H]1O. The first-order valence-electron chi connectivity index (χ1n) is 6.11. The van der Waals surface area contributed by atoms with Gasteiger partial charge in [0.15, 0.2) is 11.2 Å². The topological polar surface area (TPSA) is 163 Å². The summed E-state index contributed by atoms with van der Waals surface area (Å²) < 4.78 is 6.86. The molecule has 2 aromatic heterocycles. The van der Waals surface area contributed by atoms with Crippen LogP contribution in [-0.4, -0.2) is 48.0 Å². The number of nitriles is 1. The molecule has 10 heteroatoms. The Morgan fingerprint density at radius 2 is 2.48 bits per heavy atom. The molecule has 3 heterocycles. The molecule has 110 valence electrons. The standard InChI is InChI=1S/C11H12N6O4/c12-2-11(3-18)5(19)1-6(21-11)17-4-14-7-8(17)15-10(13)16-9(7)20/h4-6,18-19H,1,3H2,(H3,13,15,16,20)/t5-,6+,11+/m0/s1. The number of aromatic amines is 1. The van der Waals surface area contributed by atoms with E-state index in [2.05, 4.69) is 15.0 Å². The van der Waals surface area contributed by atoms with Gasteiger partial charge in [0.2, 0.25) is 11.5 Å². The van der Waals surface area contributed by atoms with Gasteiger partial charge in [-0.3, -0.25) is 14.3 Å². The number of imidazole rings is 1. The summed E-state index contributed by atoms with van der Waals surface area (Å²) in [6, 6.07) is 1.77. The molecule has 0 unspecified atom stereocenters. The number of aliphatic hydroxyl groups is 2. The van der Waals surface area contributed by atoms with Crippen molar-refractivity contribution in [3.8, 4) is 6.07 Å². The predicted octanol–water partition coefficient (Wildman–Crippen LogP) is -1.76. The van der Waals surface area contributed by atoms with Crippen LogP contribution in [0.4, 0.5) is 5.95 Å². The Bertz CT molecular complexity index is 792. The van der Waals surface area contributed by atoms with Crippen molar-refractivity contribution in [2.75, 3.05) is 12.3 Å². The highest BCUT2D eigenvalue weighted by Crippen LogP contribution is 2.37. The zero-order chi connectivity index (χ0) is 15.2. The number of nitrogens with zero attached hydrogens (tertiary/aromatic N) is 4. The maximum atomic E-state index is 11.7. The van der Waals surface area contributed by atoms with Crippen molar-refractivity contribution >= 4 is 17.1 Å². The van der Waals surface area contributed by atoms with E-state index in [1.807, 2.05) is 0 Å². The summed E-state index contributed by atoms with van der Waals surface area (Å²) in [6.45, 7) is -0.649. The number of nitrogens with two attached hydrogens (primary N) is 1. The Labute approximate surface area is 117 Å². The van der Waals surface area contributed by atoms with Gasteiger partial charge in [0.05, 0.1) is 12.9 Å². The molecule has 0 aliphatic carbocycles. The van der Waals surface area contributed by atoms with Crippen molar-refractivity contribution in [1.29, 1.82) is 5.26 Å². The third-order valence-electron chi connectivity index (χ3n) is 3.49. The third-order valence-corrected chi connectivity index (χ3v) is 3.49. The molecule has 21 heavy (non-hydrogen) atoms. The summed E-state index contributed by atoms with van der Waals surface area (Å²) in [6.07, 6.45) is -0.595. The van der Waals surface area contributed by atoms with Crippen molar-refractivity contribution in [1.82, 2.24) is 19.5 Å². The first-order valence-corrected chi connectivity index (χ1v) is 6.11. The second-order valence-corrected chi connectivity index (χ2v) is 4.76. The Kier molecular flexibility index (Phi) is 2.91. The van der Waals surface area contributed by atoms with Gasteiger partial charge in [-0.05, 0) is 0 Å². The lowest BCUT2D eigenvalue weighted by molar-refractivity contribution is -0.0904. The van der Waals surface area contributed by atoms with E-state index in [-0.39, 0.29) is 23.5 Å². The number of aliphatic hydroxyl groups excluding tert-OH is 2. The number of fused-ring (bicyclic) bond motifs is 1. The minimum atomic E-state index is -1.70. The van der Waals surface area contributed by atoms with Gasteiger partial charge in [0, 0.05) is 6.42 Å². The summed E-state index contributed by atoms with van der Waals surface area (Å²) in [5.41, 5.74) is 3.55. The minimum Gasteiger partial charge on any atom is -0.392 e. The van der Waals surface area contributed by atoms with E-state index in [0.717, 1.165) is 0 Å². The second kappa shape index (κ2) is 4.52. The van der Waals surface area contributed by atoms with Crippen LogP contribution in [0.3, 0.4) is 0 Å². The number of aromatic nitrogens is 4. The fourth-order valence-corrected chi connectivity index (χ4v) is 2.35. The molecular formula is C11H12N6O4. The zero-order valence-corrected chi connectivity index (χ0v) is 10.7. The van der Waals surface area contributed by atoms with Crippen LogP contribution in [0, 0.1) is 11.3 Å². The van der Waals surface area contributed by atoms with Gasteiger partial charge in [-0.1, -0.05) is 0 Å². The van der Waals surface area contributed by atoms with Gasteiger partial charge in [0.1, 0.15) is 18.4 Å². The van der Waals surface area contributed by atoms with E-state index in [1.54, 1.807) is 6.07 Å². The lowest BCUT2D eigenvalue weighted by Gasteiger charge is -2.21. The number of nitrogens with one attached hydrogen (secondary N) is 1. The number of anilines is 1. The highest BCUT2D eigenvalue weighted by Gasteiger charge is 2.49. The van der Waals surface area contributed by atoms with E-state index in [4.69, 9.17) is 15.7 Å².